The molecule has 0 spiro atoms. The van der Waals surface area contributed by atoms with Crippen molar-refractivity contribution in [2.75, 3.05) is 26.9 Å². The van der Waals surface area contributed by atoms with Gasteiger partial charge in [0.25, 0.3) is 0 Å². The van der Waals surface area contributed by atoms with Crippen LogP contribution in [-0.2, 0) is 9.47 Å². The van der Waals surface area contributed by atoms with Crippen molar-refractivity contribution in [2.24, 2.45) is 17.8 Å². The molecule has 3 heteroatoms. The minimum Gasteiger partial charge on any atom is -0.508 e. The standard InChI is InChI=1S/C24H36O3/c1-16-10-24(25)23(17-6-4-3-5-7-17)14-21(16)22-13-18-11-19(22)12-20(18)15-27-9-8-26-2/h10,14,17-20,22,25H,3-9,11-13,15H2,1-2H3. The van der Waals surface area contributed by atoms with Gasteiger partial charge in [-0.2, -0.15) is 0 Å². The Kier molecular flexibility index (Phi) is 6.08. The van der Waals surface area contributed by atoms with Gasteiger partial charge in [0.15, 0.2) is 0 Å². The molecule has 0 aromatic heterocycles. The quantitative estimate of drug-likeness (QED) is 0.639. The highest BCUT2D eigenvalue weighted by atomic mass is 16.5. The summed E-state index contributed by atoms with van der Waals surface area (Å²) in [5.74, 6) is 4.14. The summed E-state index contributed by atoms with van der Waals surface area (Å²) in [6, 6.07) is 4.45. The van der Waals surface area contributed by atoms with Gasteiger partial charge in [-0.1, -0.05) is 25.3 Å². The number of ether oxygens (including phenoxy) is 2. The van der Waals surface area contributed by atoms with Gasteiger partial charge >= 0.3 is 0 Å². The minimum atomic E-state index is 0.538. The molecule has 0 saturated heterocycles. The van der Waals surface area contributed by atoms with Gasteiger partial charge in [0.1, 0.15) is 5.75 Å². The molecule has 4 unspecified atom stereocenters. The number of phenolic OH excluding ortho intramolecular Hbond substituents is 1. The highest BCUT2D eigenvalue weighted by Crippen LogP contribution is 2.56. The van der Waals surface area contributed by atoms with Crippen molar-refractivity contribution in [2.45, 2.75) is 70.1 Å². The van der Waals surface area contributed by atoms with Gasteiger partial charge in [0.05, 0.1) is 13.2 Å². The summed E-state index contributed by atoms with van der Waals surface area (Å²) in [5, 5.41) is 10.6. The van der Waals surface area contributed by atoms with Crippen molar-refractivity contribution in [1.29, 1.82) is 0 Å². The first-order chi connectivity index (χ1) is 13.2. The molecule has 150 valence electrons. The summed E-state index contributed by atoms with van der Waals surface area (Å²) < 4.78 is 10.9. The summed E-state index contributed by atoms with van der Waals surface area (Å²) in [5.41, 5.74) is 4.05. The Morgan fingerprint density at radius 3 is 2.48 bits per heavy atom. The van der Waals surface area contributed by atoms with Gasteiger partial charge in [-0.05, 0) is 91.4 Å². The van der Waals surface area contributed by atoms with Crippen molar-refractivity contribution in [1.82, 2.24) is 0 Å². The lowest BCUT2D eigenvalue weighted by atomic mass is 9.75. The van der Waals surface area contributed by atoms with Crippen LogP contribution < -0.4 is 0 Å². The van der Waals surface area contributed by atoms with Crippen LogP contribution in [0.1, 0.15) is 79.9 Å². The molecule has 4 rings (SSSR count). The fraction of sp³-hybridized carbons (Fsp3) is 0.750. The van der Waals surface area contributed by atoms with E-state index in [0.29, 0.717) is 24.2 Å². The first-order valence-corrected chi connectivity index (χ1v) is 11.1. The van der Waals surface area contributed by atoms with Crippen LogP contribution in [0.2, 0.25) is 0 Å². The van der Waals surface area contributed by atoms with Crippen LogP contribution in [-0.4, -0.2) is 32.0 Å². The van der Waals surface area contributed by atoms with Crippen LogP contribution >= 0.6 is 0 Å². The number of aryl methyl sites for hydroxylation is 1. The zero-order chi connectivity index (χ0) is 18.8. The third-order valence-corrected chi connectivity index (χ3v) is 7.63. The zero-order valence-corrected chi connectivity index (χ0v) is 17.1. The predicted octanol–water partition coefficient (Wildman–Crippen LogP) is 5.54. The third-order valence-electron chi connectivity index (χ3n) is 7.63. The van der Waals surface area contributed by atoms with E-state index in [4.69, 9.17) is 9.47 Å². The summed E-state index contributed by atoms with van der Waals surface area (Å²) in [7, 11) is 1.73. The summed E-state index contributed by atoms with van der Waals surface area (Å²) in [6.45, 7) is 4.51. The molecule has 1 aromatic rings. The highest BCUT2D eigenvalue weighted by molar-refractivity contribution is 5.45. The highest BCUT2D eigenvalue weighted by Gasteiger charge is 2.46. The lowest BCUT2D eigenvalue weighted by Crippen LogP contribution is -2.22. The smallest absolute Gasteiger partial charge is 0.119 e. The number of hydrogen-bond donors (Lipinski definition) is 1. The molecular formula is C24H36O3. The Hall–Kier alpha value is -1.06. The van der Waals surface area contributed by atoms with Crippen LogP contribution in [0.25, 0.3) is 0 Å². The normalized spacial score (nSPS) is 30.9. The lowest BCUT2D eigenvalue weighted by Gasteiger charge is -2.30. The SMILES string of the molecule is COCCOCC1CC2CC1CC2c1cc(C2CCCCC2)c(O)cc1C. The van der Waals surface area contributed by atoms with Crippen LogP contribution in [0.4, 0.5) is 0 Å². The van der Waals surface area contributed by atoms with Gasteiger partial charge in [-0.15, -0.1) is 0 Å². The van der Waals surface area contributed by atoms with Crippen LogP contribution in [0.5, 0.6) is 5.75 Å². The summed E-state index contributed by atoms with van der Waals surface area (Å²) in [6.07, 6.45) is 10.4. The van der Waals surface area contributed by atoms with E-state index in [9.17, 15) is 5.11 Å². The Morgan fingerprint density at radius 1 is 0.963 bits per heavy atom. The number of rotatable bonds is 7. The molecular weight excluding hydrogens is 336 g/mol. The predicted molar refractivity (Wildman–Crippen MR) is 108 cm³/mol. The third kappa shape index (κ3) is 4.05. The van der Waals surface area contributed by atoms with Crippen LogP contribution in [0.3, 0.4) is 0 Å². The van der Waals surface area contributed by atoms with E-state index in [1.807, 2.05) is 0 Å². The molecule has 4 atom stereocenters. The van der Waals surface area contributed by atoms with Gasteiger partial charge in [0.2, 0.25) is 0 Å². The number of phenols is 1. The van der Waals surface area contributed by atoms with Gasteiger partial charge in [-0.3, -0.25) is 0 Å². The Balaban J connectivity index is 1.44. The minimum absolute atomic E-state index is 0.538. The second-order valence-corrected chi connectivity index (χ2v) is 9.26. The van der Waals surface area contributed by atoms with E-state index >= 15 is 0 Å². The van der Waals surface area contributed by atoms with Crippen molar-refractivity contribution in [3.63, 3.8) is 0 Å². The van der Waals surface area contributed by atoms with E-state index < -0.39 is 0 Å². The Bertz CT molecular complexity index is 635. The van der Waals surface area contributed by atoms with E-state index in [1.165, 1.54) is 68.1 Å². The second-order valence-electron chi connectivity index (χ2n) is 9.26. The molecule has 0 aliphatic heterocycles. The molecule has 0 heterocycles. The topological polar surface area (TPSA) is 38.7 Å². The molecule has 0 amide bonds. The number of fused-ring (bicyclic) bond motifs is 2. The average molecular weight is 373 g/mol. The lowest BCUT2D eigenvalue weighted by molar-refractivity contribution is 0.0385. The molecule has 3 nitrogen and oxygen atoms in total. The fourth-order valence-corrected chi connectivity index (χ4v) is 6.22. The molecule has 0 radical (unpaired) electrons. The Labute approximate surface area is 164 Å². The summed E-state index contributed by atoms with van der Waals surface area (Å²) in [4.78, 5) is 0. The maximum atomic E-state index is 10.6. The first-order valence-electron chi connectivity index (χ1n) is 11.1. The Morgan fingerprint density at radius 2 is 1.78 bits per heavy atom. The molecule has 3 fully saturated rings. The average Bonchev–Trinajstić information content (AvgIpc) is 3.26. The van der Waals surface area contributed by atoms with E-state index in [-0.39, 0.29) is 0 Å². The zero-order valence-electron chi connectivity index (χ0n) is 17.1. The van der Waals surface area contributed by atoms with Crippen molar-refractivity contribution < 1.29 is 14.6 Å². The number of hydrogen-bond acceptors (Lipinski definition) is 3. The maximum Gasteiger partial charge on any atom is 0.119 e. The van der Waals surface area contributed by atoms with Crippen LogP contribution in [0.15, 0.2) is 12.1 Å². The molecule has 3 aliphatic rings. The molecule has 1 aromatic carbocycles. The van der Waals surface area contributed by atoms with Gasteiger partial charge in [-0.25, -0.2) is 0 Å². The van der Waals surface area contributed by atoms with E-state index in [2.05, 4.69) is 19.1 Å². The first kappa shape index (κ1) is 19.3. The molecule has 1 N–H and O–H groups in total. The van der Waals surface area contributed by atoms with Crippen LogP contribution in [0, 0.1) is 24.7 Å². The van der Waals surface area contributed by atoms with Crippen molar-refractivity contribution >= 4 is 0 Å². The summed E-state index contributed by atoms with van der Waals surface area (Å²) >= 11 is 0. The number of benzene rings is 1. The number of aromatic hydroxyl groups is 1. The van der Waals surface area contributed by atoms with Gasteiger partial charge < -0.3 is 14.6 Å². The molecule has 2 bridgehead atoms. The fourth-order valence-electron chi connectivity index (χ4n) is 6.22. The number of methoxy groups -OCH3 is 1. The van der Waals surface area contributed by atoms with Crippen molar-refractivity contribution in [3.05, 3.63) is 28.8 Å². The second kappa shape index (κ2) is 8.53. The molecule has 3 saturated carbocycles. The van der Waals surface area contributed by atoms with E-state index in [1.54, 1.807) is 7.11 Å². The van der Waals surface area contributed by atoms with Gasteiger partial charge in [0, 0.05) is 13.7 Å². The molecule has 3 aliphatic carbocycles. The molecule has 27 heavy (non-hydrogen) atoms. The van der Waals surface area contributed by atoms with E-state index in [0.717, 1.165) is 31.0 Å². The monoisotopic (exact) mass is 372 g/mol. The largest absolute Gasteiger partial charge is 0.508 e. The maximum absolute atomic E-state index is 10.6. The van der Waals surface area contributed by atoms with Crippen molar-refractivity contribution in [3.8, 4) is 5.75 Å².